The molecule has 0 bridgehead atoms. The maximum atomic E-state index is 5.96. The van der Waals surface area contributed by atoms with Gasteiger partial charge in [0, 0.05) is 12.3 Å². The molecule has 1 aromatic carbocycles. The molecule has 3 nitrogen and oxygen atoms in total. The predicted octanol–water partition coefficient (Wildman–Crippen LogP) is 3.90. The quantitative estimate of drug-likeness (QED) is 0.573. The van der Waals surface area contributed by atoms with Gasteiger partial charge in [0.15, 0.2) is 0 Å². The van der Waals surface area contributed by atoms with Crippen LogP contribution < -0.4 is 10.5 Å². The molecule has 2 N–H and O–H groups in total. The first-order chi connectivity index (χ1) is 9.06. The second-order valence-electron chi connectivity index (χ2n) is 5.22. The van der Waals surface area contributed by atoms with Crippen LogP contribution in [0.1, 0.15) is 50.7 Å². The van der Waals surface area contributed by atoms with Crippen molar-refractivity contribution in [1.82, 2.24) is 0 Å². The summed E-state index contributed by atoms with van der Waals surface area (Å²) in [6, 6.07) is 4.05. The molecule has 3 heteroatoms. The molecule has 0 aliphatic heterocycles. The lowest BCUT2D eigenvalue weighted by Crippen LogP contribution is -2.09. The molecule has 19 heavy (non-hydrogen) atoms. The molecule has 0 amide bonds. The third kappa shape index (κ3) is 5.11. The summed E-state index contributed by atoms with van der Waals surface area (Å²) in [5.41, 5.74) is 9.01. The van der Waals surface area contributed by atoms with E-state index in [2.05, 4.69) is 20.8 Å². The Balaban J connectivity index is 2.54. The Morgan fingerprint density at radius 2 is 1.89 bits per heavy atom. The largest absolute Gasteiger partial charge is 0.491 e. The fraction of sp³-hybridized carbons (Fsp3) is 0.625. The van der Waals surface area contributed by atoms with Crippen molar-refractivity contribution < 1.29 is 9.47 Å². The van der Waals surface area contributed by atoms with E-state index in [4.69, 9.17) is 15.2 Å². The fourth-order valence-electron chi connectivity index (χ4n) is 1.85. The molecule has 0 aromatic heterocycles. The Morgan fingerprint density at radius 3 is 2.53 bits per heavy atom. The molecule has 1 rings (SSSR count). The molecule has 0 heterocycles. The van der Waals surface area contributed by atoms with Gasteiger partial charge >= 0.3 is 0 Å². The minimum atomic E-state index is 0.402. The molecular formula is C16H27NO2. The third-order valence-electron chi connectivity index (χ3n) is 3.15. The van der Waals surface area contributed by atoms with Crippen molar-refractivity contribution >= 4 is 5.69 Å². The zero-order valence-corrected chi connectivity index (χ0v) is 12.7. The van der Waals surface area contributed by atoms with E-state index < -0.39 is 0 Å². The summed E-state index contributed by atoms with van der Waals surface area (Å²) in [7, 11) is 0. The maximum Gasteiger partial charge on any atom is 0.123 e. The second-order valence-corrected chi connectivity index (χ2v) is 5.22. The van der Waals surface area contributed by atoms with Crippen LogP contribution in [0.3, 0.4) is 0 Å². The van der Waals surface area contributed by atoms with Crippen LogP contribution in [0, 0.1) is 6.92 Å². The molecule has 0 fully saturated rings. The number of benzene rings is 1. The summed E-state index contributed by atoms with van der Waals surface area (Å²) >= 11 is 0. The van der Waals surface area contributed by atoms with Gasteiger partial charge in [-0.15, -0.1) is 0 Å². The van der Waals surface area contributed by atoms with Gasteiger partial charge in [0.05, 0.1) is 6.61 Å². The summed E-state index contributed by atoms with van der Waals surface area (Å²) in [5.74, 6) is 1.33. The minimum Gasteiger partial charge on any atom is -0.491 e. The predicted molar refractivity (Wildman–Crippen MR) is 80.9 cm³/mol. The highest BCUT2D eigenvalue weighted by atomic mass is 16.5. The summed E-state index contributed by atoms with van der Waals surface area (Å²) in [6.45, 7) is 10.5. The molecule has 0 saturated carbocycles. The fourth-order valence-corrected chi connectivity index (χ4v) is 1.85. The summed E-state index contributed by atoms with van der Waals surface area (Å²) in [4.78, 5) is 0. The lowest BCUT2D eigenvalue weighted by atomic mass is 9.99. The van der Waals surface area contributed by atoms with Crippen LogP contribution in [-0.4, -0.2) is 19.8 Å². The van der Waals surface area contributed by atoms with E-state index in [1.807, 2.05) is 19.1 Å². The second kappa shape index (κ2) is 8.05. The van der Waals surface area contributed by atoms with Crippen LogP contribution in [0.4, 0.5) is 5.69 Å². The van der Waals surface area contributed by atoms with E-state index in [1.165, 1.54) is 0 Å². The van der Waals surface area contributed by atoms with Gasteiger partial charge in [-0.25, -0.2) is 0 Å². The standard InChI is InChI=1S/C16H27NO2/c1-5-6-7-18-8-9-19-16-10-13(4)15(17)11-14(16)12(2)3/h10-12H,5-9,17H2,1-4H3. The van der Waals surface area contributed by atoms with E-state index in [1.54, 1.807) is 0 Å². The highest BCUT2D eigenvalue weighted by Gasteiger charge is 2.10. The SMILES string of the molecule is CCCCOCCOc1cc(C)c(N)cc1C(C)C. The van der Waals surface area contributed by atoms with Gasteiger partial charge in [-0.2, -0.15) is 0 Å². The van der Waals surface area contributed by atoms with Crippen LogP contribution in [0.15, 0.2) is 12.1 Å². The first-order valence-electron chi connectivity index (χ1n) is 7.16. The molecule has 1 aromatic rings. The van der Waals surface area contributed by atoms with Gasteiger partial charge < -0.3 is 15.2 Å². The zero-order chi connectivity index (χ0) is 14.3. The van der Waals surface area contributed by atoms with E-state index in [0.29, 0.717) is 19.1 Å². The van der Waals surface area contributed by atoms with Crippen molar-refractivity contribution in [3.05, 3.63) is 23.3 Å². The summed E-state index contributed by atoms with van der Waals surface area (Å²) in [5, 5.41) is 0. The van der Waals surface area contributed by atoms with Gasteiger partial charge in [-0.1, -0.05) is 27.2 Å². The van der Waals surface area contributed by atoms with E-state index in [-0.39, 0.29) is 0 Å². The van der Waals surface area contributed by atoms with Crippen LogP contribution in [0.2, 0.25) is 0 Å². The number of nitrogens with two attached hydrogens (primary N) is 1. The summed E-state index contributed by atoms with van der Waals surface area (Å²) < 4.78 is 11.3. The number of anilines is 1. The minimum absolute atomic E-state index is 0.402. The van der Waals surface area contributed by atoms with Gasteiger partial charge in [-0.05, 0) is 42.5 Å². The van der Waals surface area contributed by atoms with Crippen molar-refractivity contribution in [3.63, 3.8) is 0 Å². The van der Waals surface area contributed by atoms with E-state index in [0.717, 1.165) is 42.0 Å². The van der Waals surface area contributed by atoms with Crippen LogP contribution in [0.25, 0.3) is 0 Å². The first kappa shape index (κ1) is 15.8. The smallest absolute Gasteiger partial charge is 0.123 e. The first-order valence-corrected chi connectivity index (χ1v) is 7.16. The molecule has 0 aliphatic carbocycles. The number of ether oxygens (including phenoxy) is 2. The number of hydrogen-bond acceptors (Lipinski definition) is 3. The molecule has 0 saturated heterocycles. The average Bonchev–Trinajstić information content (AvgIpc) is 2.37. The Bertz CT molecular complexity index is 389. The lowest BCUT2D eigenvalue weighted by Gasteiger charge is -2.16. The number of aryl methyl sites for hydroxylation is 1. The van der Waals surface area contributed by atoms with Crippen LogP contribution in [0.5, 0.6) is 5.75 Å². The Morgan fingerprint density at radius 1 is 1.16 bits per heavy atom. The highest BCUT2D eigenvalue weighted by Crippen LogP contribution is 2.30. The van der Waals surface area contributed by atoms with Gasteiger partial charge in [0.25, 0.3) is 0 Å². The maximum absolute atomic E-state index is 5.96. The monoisotopic (exact) mass is 265 g/mol. The molecule has 0 unspecified atom stereocenters. The Kier molecular flexibility index (Phi) is 6.71. The molecule has 0 radical (unpaired) electrons. The molecule has 0 aliphatic rings. The molecule has 108 valence electrons. The van der Waals surface area contributed by atoms with Crippen molar-refractivity contribution in [2.75, 3.05) is 25.6 Å². The number of rotatable bonds is 8. The van der Waals surface area contributed by atoms with Gasteiger partial charge in [0.1, 0.15) is 12.4 Å². The summed E-state index contributed by atoms with van der Waals surface area (Å²) in [6.07, 6.45) is 2.27. The van der Waals surface area contributed by atoms with Crippen molar-refractivity contribution in [2.45, 2.75) is 46.5 Å². The zero-order valence-electron chi connectivity index (χ0n) is 12.7. The van der Waals surface area contributed by atoms with Gasteiger partial charge in [-0.3, -0.25) is 0 Å². The number of unbranched alkanes of at least 4 members (excludes halogenated alkanes) is 1. The van der Waals surface area contributed by atoms with Gasteiger partial charge in [0.2, 0.25) is 0 Å². The third-order valence-corrected chi connectivity index (χ3v) is 3.15. The van der Waals surface area contributed by atoms with Crippen LogP contribution >= 0.6 is 0 Å². The number of nitrogen functional groups attached to an aromatic ring is 1. The van der Waals surface area contributed by atoms with E-state index in [9.17, 15) is 0 Å². The van der Waals surface area contributed by atoms with E-state index >= 15 is 0 Å². The van der Waals surface area contributed by atoms with Crippen molar-refractivity contribution in [2.24, 2.45) is 0 Å². The number of hydrogen-bond donors (Lipinski definition) is 1. The van der Waals surface area contributed by atoms with Crippen LogP contribution in [-0.2, 0) is 4.74 Å². The molecule has 0 atom stereocenters. The highest BCUT2D eigenvalue weighted by molar-refractivity contribution is 5.55. The molecule has 0 spiro atoms. The topological polar surface area (TPSA) is 44.5 Å². The Hall–Kier alpha value is -1.22. The average molecular weight is 265 g/mol. The van der Waals surface area contributed by atoms with Crippen molar-refractivity contribution in [3.8, 4) is 5.75 Å². The van der Waals surface area contributed by atoms with Crippen molar-refractivity contribution in [1.29, 1.82) is 0 Å². The Labute approximate surface area is 117 Å². The molecular weight excluding hydrogens is 238 g/mol. The lowest BCUT2D eigenvalue weighted by molar-refractivity contribution is 0.0976. The normalized spacial score (nSPS) is 11.0.